The van der Waals surface area contributed by atoms with Crippen LogP contribution in [-0.4, -0.2) is 19.1 Å². The van der Waals surface area contributed by atoms with E-state index in [-0.39, 0.29) is 12.0 Å². The molecule has 0 heterocycles. The van der Waals surface area contributed by atoms with Crippen LogP contribution in [0.5, 0.6) is 11.5 Å². The molecule has 2 aromatic carbocycles. The minimum absolute atomic E-state index is 0.0263. The number of benzene rings is 2. The van der Waals surface area contributed by atoms with Crippen molar-refractivity contribution in [1.29, 1.82) is 0 Å². The molecule has 1 amide bonds. The van der Waals surface area contributed by atoms with Gasteiger partial charge in [-0.15, -0.1) is 0 Å². The van der Waals surface area contributed by atoms with Crippen molar-refractivity contribution in [1.82, 2.24) is 0 Å². The van der Waals surface area contributed by atoms with Crippen LogP contribution in [0.25, 0.3) is 0 Å². The van der Waals surface area contributed by atoms with E-state index < -0.39 is 0 Å². The van der Waals surface area contributed by atoms with Gasteiger partial charge in [0, 0.05) is 4.47 Å². The summed E-state index contributed by atoms with van der Waals surface area (Å²) in [5.74, 6) is 0.903. The van der Waals surface area contributed by atoms with Gasteiger partial charge in [-0.25, -0.2) is 0 Å². The monoisotopic (exact) mass is 363 g/mol. The molecule has 0 spiro atoms. The minimum atomic E-state index is -0.252. The number of ether oxygens (including phenoxy) is 2. The smallest absolute Gasteiger partial charge is 0.259 e. The molecule has 1 N–H and O–H groups in total. The molecular weight excluding hydrogens is 346 g/mol. The summed E-state index contributed by atoms with van der Waals surface area (Å²) in [7, 11) is 1.54. The maximum atomic E-state index is 12.5. The van der Waals surface area contributed by atoms with Gasteiger partial charge in [0.2, 0.25) is 0 Å². The largest absolute Gasteiger partial charge is 0.496 e. The summed E-state index contributed by atoms with van der Waals surface area (Å²) in [6.45, 7) is 3.88. The molecule has 2 rings (SSSR count). The van der Waals surface area contributed by atoms with Crippen molar-refractivity contribution in [2.45, 2.75) is 20.0 Å². The lowest BCUT2D eigenvalue weighted by atomic mass is 10.1. The normalized spacial score (nSPS) is 10.4. The fraction of sp³-hybridized carbons (Fsp3) is 0.235. The van der Waals surface area contributed by atoms with Crippen molar-refractivity contribution < 1.29 is 14.3 Å². The predicted molar refractivity (Wildman–Crippen MR) is 90.9 cm³/mol. The molecule has 116 valence electrons. The van der Waals surface area contributed by atoms with E-state index >= 15 is 0 Å². The van der Waals surface area contributed by atoms with Crippen molar-refractivity contribution in [3.8, 4) is 11.5 Å². The zero-order valence-electron chi connectivity index (χ0n) is 12.7. The molecule has 0 aliphatic rings. The van der Waals surface area contributed by atoms with E-state index in [0.717, 1.165) is 4.47 Å². The lowest BCUT2D eigenvalue weighted by Gasteiger charge is -2.15. The van der Waals surface area contributed by atoms with Gasteiger partial charge in [0.25, 0.3) is 5.91 Å². The maximum absolute atomic E-state index is 12.5. The number of halogens is 1. The number of amides is 1. The van der Waals surface area contributed by atoms with Crippen molar-refractivity contribution in [2.75, 3.05) is 12.4 Å². The van der Waals surface area contributed by atoms with Crippen LogP contribution in [0, 0.1) is 0 Å². The molecule has 0 aliphatic carbocycles. The zero-order chi connectivity index (χ0) is 16.1. The van der Waals surface area contributed by atoms with Crippen LogP contribution >= 0.6 is 15.9 Å². The number of para-hydroxylation sites is 2. The molecule has 0 aromatic heterocycles. The first-order valence-electron chi connectivity index (χ1n) is 6.92. The standard InChI is InChI=1S/C17H18BrNO3/c1-11(2)22-16-7-5-4-6-14(16)19-17(20)13-10-12(18)8-9-15(13)21-3/h4-11H,1-3H3,(H,19,20). The lowest BCUT2D eigenvalue weighted by molar-refractivity contribution is 0.102. The van der Waals surface area contributed by atoms with E-state index in [4.69, 9.17) is 9.47 Å². The first-order chi connectivity index (χ1) is 10.5. The summed E-state index contributed by atoms with van der Waals surface area (Å²) in [5.41, 5.74) is 1.08. The van der Waals surface area contributed by atoms with Gasteiger partial charge >= 0.3 is 0 Å². The minimum Gasteiger partial charge on any atom is -0.496 e. The van der Waals surface area contributed by atoms with Crippen LogP contribution in [0.1, 0.15) is 24.2 Å². The Kier molecular flexibility index (Phi) is 5.44. The van der Waals surface area contributed by atoms with Crippen LogP contribution in [0.15, 0.2) is 46.9 Å². The topological polar surface area (TPSA) is 47.6 Å². The van der Waals surface area contributed by atoms with Crippen LogP contribution in [0.3, 0.4) is 0 Å². The van der Waals surface area contributed by atoms with Gasteiger partial charge in [-0.05, 0) is 44.2 Å². The second-order valence-electron chi connectivity index (χ2n) is 4.96. The second kappa shape index (κ2) is 7.31. The molecule has 2 aromatic rings. The highest BCUT2D eigenvalue weighted by atomic mass is 79.9. The number of methoxy groups -OCH3 is 1. The van der Waals surface area contributed by atoms with Crippen LogP contribution < -0.4 is 14.8 Å². The van der Waals surface area contributed by atoms with Gasteiger partial charge in [-0.1, -0.05) is 28.1 Å². The fourth-order valence-corrected chi connectivity index (χ4v) is 2.33. The fourth-order valence-electron chi connectivity index (χ4n) is 1.97. The van der Waals surface area contributed by atoms with E-state index in [2.05, 4.69) is 21.2 Å². The van der Waals surface area contributed by atoms with Crippen LogP contribution in [-0.2, 0) is 0 Å². The van der Waals surface area contributed by atoms with E-state index in [1.807, 2.05) is 38.1 Å². The van der Waals surface area contributed by atoms with E-state index in [9.17, 15) is 4.79 Å². The quantitative estimate of drug-likeness (QED) is 0.850. The SMILES string of the molecule is COc1ccc(Br)cc1C(=O)Nc1ccccc1OC(C)C. The highest BCUT2D eigenvalue weighted by Gasteiger charge is 2.15. The molecule has 4 nitrogen and oxygen atoms in total. The average Bonchev–Trinajstić information content (AvgIpc) is 2.48. The number of carbonyl (C=O) groups is 1. The highest BCUT2D eigenvalue weighted by Crippen LogP contribution is 2.28. The zero-order valence-corrected chi connectivity index (χ0v) is 14.3. The molecule has 0 unspecified atom stereocenters. The number of rotatable bonds is 5. The average molecular weight is 364 g/mol. The van der Waals surface area contributed by atoms with Gasteiger partial charge < -0.3 is 14.8 Å². The molecule has 22 heavy (non-hydrogen) atoms. The molecule has 5 heteroatoms. The van der Waals surface area contributed by atoms with Gasteiger partial charge in [-0.3, -0.25) is 4.79 Å². The van der Waals surface area contributed by atoms with Crippen molar-refractivity contribution in [3.05, 3.63) is 52.5 Å². The first-order valence-corrected chi connectivity index (χ1v) is 7.71. The van der Waals surface area contributed by atoms with Gasteiger partial charge in [0.05, 0.1) is 24.5 Å². The van der Waals surface area contributed by atoms with Gasteiger partial charge in [0.15, 0.2) is 0 Å². The number of hydrogen-bond acceptors (Lipinski definition) is 3. The van der Waals surface area contributed by atoms with Crippen molar-refractivity contribution in [3.63, 3.8) is 0 Å². The number of anilines is 1. The van der Waals surface area contributed by atoms with Crippen molar-refractivity contribution in [2.24, 2.45) is 0 Å². The summed E-state index contributed by atoms with van der Waals surface area (Å²) in [5, 5.41) is 2.87. The Labute approximate surface area is 138 Å². The van der Waals surface area contributed by atoms with Gasteiger partial charge in [-0.2, -0.15) is 0 Å². The molecule has 0 saturated heterocycles. The molecule has 0 bridgehead atoms. The Morgan fingerprint density at radius 3 is 2.55 bits per heavy atom. The number of carbonyl (C=O) groups excluding carboxylic acids is 1. The van der Waals surface area contributed by atoms with Gasteiger partial charge in [0.1, 0.15) is 11.5 Å². The molecule has 0 saturated carbocycles. The molecule has 0 atom stereocenters. The molecule has 0 aliphatic heterocycles. The third kappa shape index (κ3) is 4.01. The Morgan fingerprint density at radius 2 is 1.86 bits per heavy atom. The lowest BCUT2D eigenvalue weighted by Crippen LogP contribution is -2.15. The van der Waals surface area contributed by atoms with Crippen molar-refractivity contribution >= 4 is 27.5 Å². The molecular formula is C17H18BrNO3. The number of hydrogen-bond donors (Lipinski definition) is 1. The molecule has 0 fully saturated rings. The summed E-state index contributed by atoms with van der Waals surface area (Å²) in [4.78, 5) is 12.5. The summed E-state index contributed by atoms with van der Waals surface area (Å²) in [6.07, 6.45) is 0.0263. The summed E-state index contributed by atoms with van der Waals surface area (Å²) >= 11 is 3.37. The Bertz CT molecular complexity index is 671. The third-order valence-corrected chi connectivity index (χ3v) is 3.40. The summed E-state index contributed by atoms with van der Waals surface area (Å²) in [6, 6.07) is 12.6. The van der Waals surface area contributed by atoms with E-state index in [1.165, 1.54) is 7.11 Å². The Morgan fingerprint density at radius 1 is 1.14 bits per heavy atom. The van der Waals surface area contributed by atoms with E-state index in [0.29, 0.717) is 22.7 Å². The Hall–Kier alpha value is -2.01. The third-order valence-electron chi connectivity index (χ3n) is 2.90. The Balaban J connectivity index is 2.28. The highest BCUT2D eigenvalue weighted by molar-refractivity contribution is 9.10. The van der Waals surface area contributed by atoms with Crippen LogP contribution in [0.4, 0.5) is 5.69 Å². The maximum Gasteiger partial charge on any atom is 0.259 e. The number of nitrogens with one attached hydrogen (secondary N) is 1. The van der Waals surface area contributed by atoms with Crippen LogP contribution in [0.2, 0.25) is 0 Å². The van der Waals surface area contributed by atoms with E-state index in [1.54, 1.807) is 18.2 Å². The predicted octanol–water partition coefficient (Wildman–Crippen LogP) is 4.50. The molecule has 0 radical (unpaired) electrons. The summed E-state index contributed by atoms with van der Waals surface area (Å²) < 4.78 is 11.8. The second-order valence-corrected chi connectivity index (χ2v) is 5.88. The first kappa shape index (κ1) is 16.4.